The smallest absolute Gasteiger partial charge is 0.262 e. The molecule has 0 saturated carbocycles. The zero-order valence-corrected chi connectivity index (χ0v) is 13.8. The summed E-state index contributed by atoms with van der Waals surface area (Å²) in [5.74, 6) is 0.135. The van der Waals surface area contributed by atoms with E-state index < -0.39 is 6.04 Å². The highest BCUT2D eigenvalue weighted by atomic mass is 16.5. The van der Waals surface area contributed by atoms with Gasteiger partial charge in [0.2, 0.25) is 5.91 Å². The Morgan fingerprint density at radius 3 is 2.62 bits per heavy atom. The van der Waals surface area contributed by atoms with Gasteiger partial charge in [0.15, 0.2) is 0 Å². The van der Waals surface area contributed by atoms with E-state index in [4.69, 9.17) is 4.74 Å². The van der Waals surface area contributed by atoms with Crippen LogP contribution >= 0.6 is 0 Å². The van der Waals surface area contributed by atoms with E-state index in [0.29, 0.717) is 24.3 Å². The Morgan fingerprint density at radius 1 is 1.17 bits per heavy atom. The van der Waals surface area contributed by atoms with Gasteiger partial charge in [0, 0.05) is 19.2 Å². The Bertz CT molecular complexity index is 773. The second kappa shape index (κ2) is 6.74. The second-order valence-electron chi connectivity index (χ2n) is 5.57. The molecule has 1 heterocycles. The number of anilines is 1. The topological polar surface area (TPSA) is 58.6 Å². The molecule has 2 aromatic carbocycles. The largest absolute Gasteiger partial charge is 0.493 e. The number of rotatable bonds is 4. The minimum atomic E-state index is -0.547. The molecule has 2 amide bonds. The van der Waals surface area contributed by atoms with Crippen molar-refractivity contribution >= 4 is 17.5 Å². The summed E-state index contributed by atoms with van der Waals surface area (Å²) in [6.07, 6.45) is 0.512. The van der Waals surface area contributed by atoms with Gasteiger partial charge in [-0.3, -0.25) is 14.5 Å². The van der Waals surface area contributed by atoms with E-state index in [-0.39, 0.29) is 11.8 Å². The highest BCUT2D eigenvalue weighted by Gasteiger charge is 2.38. The van der Waals surface area contributed by atoms with Crippen LogP contribution in [0.5, 0.6) is 5.75 Å². The van der Waals surface area contributed by atoms with Crippen LogP contribution in [-0.2, 0) is 11.2 Å². The van der Waals surface area contributed by atoms with Crippen molar-refractivity contribution in [3.8, 4) is 5.75 Å². The van der Waals surface area contributed by atoms with E-state index in [1.54, 1.807) is 30.1 Å². The Balaban J connectivity index is 2.04. The molecular weight excluding hydrogens is 304 g/mol. The minimum absolute atomic E-state index is 0.173. The maximum Gasteiger partial charge on any atom is 0.262 e. The second-order valence-corrected chi connectivity index (χ2v) is 5.57. The number of para-hydroxylation sites is 2. The molecule has 2 aromatic rings. The summed E-state index contributed by atoms with van der Waals surface area (Å²) < 4.78 is 5.58. The molecule has 1 atom stereocenters. The van der Waals surface area contributed by atoms with Crippen molar-refractivity contribution in [3.05, 3.63) is 59.7 Å². The number of fused-ring (bicyclic) bond motifs is 1. The summed E-state index contributed by atoms with van der Waals surface area (Å²) in [4.78, 5) is 27.1. The molecule has 24 heavy (non-hydrogen) atoms. The van der Waals surface area contributed by atoms with Gasteiger partial charge in [-0.15, -0.1) is 0 Å². The van der Waals surface area contributed by atoms with Crippen LogP contribution in [0.2, 0.25) is 0 Å². The highest BCUT2D eigenvalue weighted by molar-refractivity contribution is 6.12. The molecule has 0 fully saturated rings. The molecule has 124 valence electrons. The molecule has 0 radical (unpaired) electrons. The first-order valence-electron chi connectivity index (χ1n) is 8.02. The van der Waals surface area contributed by atoms with E-state index in [2.05, 4.69) is 5.32 Å². The van der Waals surface area contributed by atoms with Crippen molar-refractivity contribution in [1.82, 2.24) is 5.32 Å². The quantitative estimate of drug-likeness (QED) is 0.939. The number of hydrogen-bond acceptors (Lipinski definition) is 3. The average Bonchev–Trinajstić information content (AvgIpc) is 3.00. The molecule has 1 N–H and O–H groups in total. The van der Waals surface area contributed by atoms with Crippen LogP contribution in [0, 0.1) is 0 Å². The van der Waals surface area contributed by atoms with E-state index in [9.17, 15) is 9.59 Å². The summed E-state index contributed by atoms with van der Waals surface area (Å²) in [6, 6.07) is 14.2. The first-order valence-corrected chi connectivity index (χ1v) is 8.02. The predicted octanol–water partition coefficient (Wildman–Crippen LogP) is 2.40. The minimum Gasteiger partial charge on any atom is -0.493 e. The lowest BCUT2D eigenvalue weighted by atomic mass is 10.1. The van der Waals surface area contributed by atoms with Crippen molar-refractivity contribution in [3.63, 3.8) is 0 Å². The van der Waals surface area contributed by atoms with Crippen molar-refractivity contribution in [2.24, 2.45) is 0 Å². The fourth-order valence-corrected chi connectivity index (χ4v) is 3.07. The molecule has 0 bridgehead atoms. The number of nitrogens with zero attached hydrogens (tertiary/aromatic N) is 1. The lowest BCUT2D eigenvalue weighted by molar-refractivity contribution is -0.121. The van der Waals surface area contributed by atoms with Crippen molar-refractivity contribution in [2.75, 3.05) is 18.6 Å². The summed E-state index contributed by atoms with van der Waals surface area (Å²) in [6.45, 7) is 2.35. The number of amides is 2. The van der Waals surface area contributed by atoms with Crippen LogP contribution in [0.15, 0.2) is 48.5 Å². The zero-order chi connectivity index (χ0) is 17.1. The number of nitrogens with one attached hydrogen (secondary N) is 1. The van der Waals surface area contributed by atoms with Crippen LogP contribution in [0.4, 0.5) is 5.69 Å². The number of ether oxygens (including phenoxy) is 1. The number of carbonyl (C=O) groups excluding carboxylic acids is 2. The summed E-state index contributed by atoms with van der Waals surface area (Å²) in [5.41, 5.74) is 2.24. The van der Waals surface area contributed by atoms with Gasteiger partial charge in [-0.1, -0.05) is 30.3 Å². The summed E-state index contributed by atoms with van der Waals surface area (Å²) >= 11 is 0. The van der Waals surface area contributed by atoms with Crippen LogP contribution in [0.1, 0.15) is 22.8 Å². The maximum atomic E-state index is 13.2. The molecule has 5 heteroatoms. The third-order valence-corrected chi connectivity index (χ3v) is 4.16. The third-order valence-electron chi connectivity index (χ3n) is 4.16. The van der Waals surface area contributed by atoms with Gasteiger partial charge >= 0.3 is 0 Å². The number of hydrogen-bond donors (Lipinski definition) is 1. The van der Waals surface area contributed by atoms with Gasteiger partial charge in [0.05, 0.1) is 12.2 Å². The number of carbonyl (C=O) groups is 2. The molecule has 0 aliphatic carbocycles. The Kier molecular flexibility index (Phi) is 4.51. The maximum absolute atomic E-state index is 13.2. The lowest BCUT2D eigenvalue weighted by Crippen LogP contribution is -2.47. The van der Waals surface area contributed by atoms with Gasteiger partial charge in [-0.2, -0.15) is 0 Å². The van der Waals surface area contributed by atoms with Crippen molar-refractivity contribution in [1.29, 1.82) is 0 Å². The summed E-state index contributed by atoms with van der Waals surface area (Å²) in [5, 5.41) is 2.65. The zero-order valence-electron chi connectivity index (χ0n) is 13.8. The average molecular weight is 324 g/mol. The predicted molar refractivity (Wildman–Crippen MR) is 92.4 cm³/mol. The first kappa shape index (κ1) is 16.1. The van der Waals surface area contributed by atoms with Crippen molar-refractivity contribution in [2.45, 2.75) is 19.4 Å². The Labute approximate surface area is 141 Å². The van der Waals surface area contributed by atoms with Crippen LogP contribution in [0.25, 0.3) is 0 Å². The van der Waals surface area contributed by atoms with E-state index in [1.807, 2.05) is 37.3 Å². The van der Waals surface area contributed by atoms with Gasteiger partial charge in [0.25, 0.3) is 5.91 Å². The molecule has 1 aliphatic rings. The van der Waals surface area contributed by atoms with Gasteiger partial charge in [-0.25, -0.2) is 0 Å². The third kappa shape index (κ3) is 2.73. The van der Waals surface area contributed by atoms with Crippen LogP contribution in [-0.4, -0.2) is 31.5 Å². The summed E-state index contributed by atoms with van der Waals surface area (Å²) in [7, 11) is 1.59. The molecule has 0 spiro atoms. The molecule has 1 aliphatic heterocycles. The molecule has 0 aromatic heterocycles. The van der Waals surface area contributed by atoms with Crippen LogP contribution < -0.4 is 15.0 Å². The van der Waals surface area contributed by atoms with Crippen molar-refractivity contribution < 1.29 is 14.3 Å². The molecule has 5 nitrogen and oxygen atoms in total. The number of likely N-dealkylation sites (N-methyl/N-ethyl adjacent to an activating group) is 1. The fraction of sp³-hybridized carbons (Fsp3) is 0.263. The van der Waals surface area contributed by atoms with E-state index in [0.717, 1.165) is 11.3 Å². The standard InChI is InChI=1S/C19H20N2O3/c1-3-24-17-11-7-5-9-14(17)19(23)21-15-10-6-4-8-13(15)12-16(21)18(22)20-2/h4-11,16H,3,12H2,1-2H3,(H,20,22)/t16-/m1/s1. The molecule has 3 rings (SSSR count). The highest BCUT2D eigenvalue weighted by Crippen LogP contribution is 2.34. The van der Waals surface area contributed by atoms with Gasteiger partial charge in [0.1, 0.15) is 11.8 Å². The molecular formula is C19H20N2O3. The number of benzene rings is 2. The Morgan fingerprint density at radius 2 is 1.88 bits per heavy atom. The van der Waals surface area contributed by atoms with Gasteiger partial charge < -0.3 is 10.1 Å². The fourth-order valence-electron chi connectivity index (χ4n) is 3.07. The SMILES string of the molecule is CCOc1ccccc1C(=O)N1c2ccccc2C[C@@H]1C(=O)NC. The van der Waals surface area contributed by atoms with Gasteiger partial charge in [-0.05, 0) is 30.7 Å². The van der Waals surface area contributed by atoms with E-state index in [1.165, 1.54) is 0 Å². The van der Waals surface area contributed by atoms with Crippen LogP contribution in [0.3, 0.4) is 0 Å². The Hall–Kier alpha value is -2.82. The normalized spacial score (nSPS) is 15.8. The monoisotopic (exact) mass is 324 g/mol. The molecule has 0 saturated heterocycles. The lowest BCUT2D eigenvalue weighted by Gasteiger charge is -2.25. The van der Waals surface area contributed by atoms with E-state index >= 15 is 0 Å². The first-order chi connectivity index (χ1) is 11.7. The molecule has 0 unspecified atom stereocenters.